The predicted octanol–water partition coefficient (Wildman–Crippen LogP) is -1.58. The third-order valence-corrected chi connectivity index (χ3v) is 2.71. The van der Waals surface area contributed by atoms with Crippen LogP contribution in [0.3, 0.4) is 0 Å². The number of nitrogens with zero attached hydrogens (tertiary/aromatic N) is 1. The minimum Gasteiger partial charge on any atom is -1.00 e. The number of rotatable bonds is 4. The summed E-state index contributed by atoms with van der Waals surface area (Å²) < 4.78 is 1.64. The quantitative estimate of drug-likeness (QED) is 0.667. The van der Waals surface area contributed by atoms with Crippen molar-refractivity contribution in [3.8, 4) is 0 Å². The second-order valence-corrected chi connectivity index (χ2v) is 4.03. The van der Waals surface area contributed by atoms with E-state index >= 15 is 0 Å². The van der Waals surface area contributed by atoms with Crippen LogP contribution in [0.5, 0.6) is 0 Å². The molecule has 5 nitrogen and oxygen atoms in total. The van der Waals surface area contributed by atoms with Crippen molar-refractivity contribution in [1.82, 2.24) is 0 Å². The lowest BCUT2D eigenvalue weighted by Gasteiger charge is -2.03. The van der Waals surface area contributed by atoms with Gasteiger partial charge in [0.2, 0.25) is 0 Å². The average molecular weight is 294 g/mol. The van der Waals surface area contributed by atoms with Crippen molar-refractivity contribution in [2.45, 2.75) is 6.54 Å². The van der Waals surface area contributed by atoms with Gasteiger partial charge < -0.3 is 22.6 Å². The second kappa shape index (κ2) is 6.68. The van der Waals surface area contributed by atoms with Crippen LogP contribution in [0.15, 0.2) is 48.8 Å². The average Bonchev–Trinajstić information content (AvgIpc) is 2.39. The summed E-state index contributed by atoms with van der Waals surface area (Å²) in [5.41, 5.74) is 1.01. The van der Waals surface area contributed by atoms with Crippen molar-refractivity contribution in [3.05, 3.63) is 65.5 Å². The van der Waals surface area contributed by atoms with E-state index in [9.17, 15) is 9.59 Å². The van der Waals surface area contributed by atoms with E-state index in [1.54, 1.807) is 35.0 Å². The molecule has 0 bridgehead atoms. The molecule has 2 N–H and O–H groups in total. The molecule has 0 aliphatic carbocycles. The fraction of sp³-hybridized carbons (Fsp3) is 0.0714. The summed E-state index contributed by atoms with van der Waals surface area (Å²) in [5.74, 6) is -2.01. The smallest absolute Gasteiger partial charge is 0.341 e. The zero-order chi connectivity index (χ0) is 13.8. The monoisotopic (exact) mass is 293 g/mol. The Morgan fingerprint density at radius 2 is 1.70 bits per heavy atom. The first-order valence-electron chi connectivity index (χ1n) is 5.61. The predicted molar refractivity (Wildman–Crippen MR) is 66.1 cm³/mol. The van der Waals surface area contributed by atoms with Crippen LogP contribution < -0.4 is 17.0 Å². The maximum atomic E-state index is 11.1. The molecule has 6 heteroatoms. The van der Waals surface area contributed by atoms with Gasteiger partial charge in [-0.2, -0.15) is 4.57 Å². The minimum atomic E-state index is -1.01. The molecule has 0 saturated heterocycles. The second-order valence-electron chi connectivity index (χ2n) is 4.03. The first-order chi connectivity index (χ1) is 9.08. The van der Waals surface area contributed by atoms with Crippen LogP contribution in [-0.4, -0.2) is 22.2 Å². The highest BCUT2D eigenvalue weighted by molar-refractivity contribution is 5.89. The topological polar surface area (TPSA) is 78.5 Å². The Morgan fingerprint density at radius 1 is 1.00 bits per heavy atom. The van der Waals surface area contributed by atoms with Crippen molar-refractivity contribution in [2.75, 3.05) is 0 Å². The van der Waals surface area contributed by atoms with Gasteiger partial charge in [0.25, 0.3) is 0 Å². The van der Waals surface area contributed by atoms with Gasteiger partial charge in [0.1, 0.15) is 5.56 Å². The van der Waals surface area contributed by atoms with Gasteiger partial charge in [-0.25, -0.2) is 9.59 Å². The van der Waals surface area contributed by atoms with Gasteiger partial charge >= 0.3 is 11.9 Å². The molecule has 0 atom stereocenters. The van der Waals surface area contributed by atoms with Crippen molar-refractivity contribution in [2.24, 2.45) is 0 Å². The van der Waals surface area contributed by atoms with Crippen LogP contribution in [-0.2, 0) is 6.54 Å². The SMILES string of the molecule is O=C(O)c1ccc[n+](Cc2ccccc2C(=O)O)c1.[Cl-]. The molecule has 2 aromatic rings. The molecule has 0 aliphatic heterocycles. The van der Waals surface area contributed by atoms with E-state index in [1.165, 1.54) is 18.3 Å². The molecule has 0 fully saturated rings. The lowest BCUT2D eigenvalue weighted by Crippen LogP contribution is -3.00. The molecular weight excluding hydrogens is 282 g/mol. The minimum absolute atomic E-state index is 0. The number of carboxylic acid groups (broad SMARTS) is 2. The molecule has 2 rings (SSSR count). The van der Waals surface area contributed by atoms with E-state index in [4.69, 9.17) is 10.2 Å². The van der Waals surface area contributed by atoms with Crippen molar-refractivity contribution < 1.29 is 36.8 Å². The normalized spacial score (nSPS) is 9.60. The zero-order valence-electron chi connectivity index (χ0n) is 10.4. The van der Waals surface area contributed by atoms with Gasteiger partial charge in [0.05, 0.1) is 5.56 Å². The Kier molecular flexibility index (Phi) is 5.23. The van der Waals surface area contributed by atoms with Crippen LogP contribution in [0.2, 0.25) is 0 Å². The molecule has 0 unspecified atom stereocenters. The van der Waals surface area contributed by atoms with Crippen LogP contribution in [0.4, 0.5) is 0 Å². The van der Waals surface area contributed by atoms with Gasteiger partial charge in [0, 0.05) is 11.6 Å². The number of hydrogen-bond donors (Lipinski definition) is 2. The summed E-state index contributed by atoms with van der Waals surface area (Å²) >= 11 is 0. The Labute approximate surface area is 121 Å². The van der Waals surface area contributed by atoms with E-state index in [0.717, 1.165) is 0 Å². The van der Waals surface area contributed by atoms with Crippen LogP contribution in [0, 0.1) is 0 Å². The van der Waals surface area contributed by atoms with E-state index < -0.39 is 11.9 Å². The fourth-order valence-electron chi connectivity index (χ4n) is 1.81. The standard InChI is InChI=1S/C14H11NO4.ClH/c16-13(17)11-5-3-7-15(9-11)8-10-4-1-2-6-12(10)14(18)19;/h1-7,9H,8H2,(H-,16,17,18,19);1H. The molecule has 1 aromatic carbocycles. The van der Waals surface area contributed by atoms with Crippen molar-refractivity contribution in [1.29, 1.82) is 0 Å². The number of carboxylic acids is 2. The molecular formula is C14H12ClNO4. The number of aromatic nitrogens is 1. The Hall–Kier alpha value is -2.40. The lowest BCUT2D eigenvalue weighted by atomic mass is 10.1. The summed E-state index contributed by atoms with van der Waals surface area (Å²) in [5, 5.41) is 18.0. The highest BCUT2D eigenvalue weighted by Crippen LogP contribution is 2.08. The molecule has 104 valence electrons. The number of pyridine rings is 1. The third kappa shape index (κ3) is 3.55. The fourth-order valence-corrected chi connectivity index (χ4v) is 1.81. The molecule has 0 radical (unpaired) electrons. The number of benzene rings is 1. The van der Waals surface area contributed by atoms with E-state index in [-0.39, 0.29) is 23.5 Å². The highest BCUT2D eigenvalue weighted by Gasteiger charge is 2.14. The van der Waals surface area contributed by atoms with Gasteiger partial charge in [-0.3, -0.25) is 0 Å². The van der Waals surface area contributed by atoms with Crippen LogP contribution in [0.1, 0.15) is 26.3 Å². The number of hydrogen-bond acceptors (Lipinski definition) is 2. The summed E-state index contributed by atoms with van der Waals surface area (Å²) in [6, 6.07) is 9.76. The summed E-state index contributed by atoms with van der Waals surface area (Å²) in [4.78, 5) is 22.0. The molecule has 0 saturated carbocycles. The van der Waals surface area contributed by atoms with Crippen molar-refractivity contribution >= 4 is 11.9 Å². The highest BCUT2D eigenvalue weighted by atomic mass is 35.5. The third-order valence-electron chi connectivity index (χ3n) is 2.71. The van der Waals surface area contributed by atoms with Crippen molar-refractivity contribution in [3.63, 3.8) is 0 Å². The number of halogens is 1. The van der Waals surface area contributed by atoms with Crippen LogP contribution in [0.25, 0.3) is 0 Å². The van der Waals surface area contributed by atoms with Gasteiger partial charge in [-0.05, 0) is 12.1 Å². The maximum absolute atomic E-state index is 11.1. The first-order valence-corrected chi connectivity index (χ1v) is 5.61. The molecule has 0 aliphatic rings. The molecule has 1 heterocycles. The largest absolute Gasteiger partial charge is 1.00 e. The first kappa shape index (κ1) is 15.7. The van der Waals surface area contributed by atoms with E-state index in [2.05, 4.69) is 0 Å². The molecule has 20 heavy (non-hydrogen) atoms. The maximum Gasteiger partial charge on any atom is 0.341 e. The van der Waals surface area contributed by atoms with Gasteiger partial charge in [-0.15, -0.1) is 0 Å². The van der Waals surface area contributed by atoms with E-state index in [0.29, 0.717) is 12.1 Å². The summed E-state index contributed by atoms with van der Waals surface area (Å²) in [7, 11) is 0. The zero-order valence-corrected chi connectivity index (χ0v) is 11.1. The van der Waals surface area contributed by atoms with E-state index in [1.807, 2.05) is 0 Å². The number of aromatic carboxylic acids is 2. The number of carbonyl (C=O) groups is 2. The molecule has 0 amide bonds. The van der Waals surface area contributed by atoms with Gasteiger partial charge in [0.15, 0.2) is 18.9 Å². The summed E-state index contributed by atoms with van der Waals surface area (Å²) in [6.07, 6.45) is 3.17. The van der Waals surface area contributed by atoms with Crippen LogP contribution >= 0.6 is 0 Å². The molecule has 0 spiro atoms. The lowest BCUT2D eigenvalue weighted by molar-refractivity contribution is -0.688. The summed E-state index contributed by atoms with van der Waals surface area (Å²) in [6.45, 7) is 0.309. The Morgan fingerprint density at radius 3 is 2.35 bits per heavy atom. The Bertz CT molecular complexity index is 643. The molecule has 1 aromatic heterocycles. The Balaban J connectivity index is 0.00000200. The van der Waals surface area contributed by atoms with Gasteiger partial charge in [-0.1, -0.05) is 18.2 Å².